The number of carbonyl (C=O) groups excluding carboxylic acids is 1. The summed E-state index contributed by atoms with van der Waals surface area (Å²) in [5, 5.41) is 13.3. The first-order chi connectivity index (χ1) is 10.7. The number of carboxylic acid groups (broad SMARTS) is 1. The van der Waals surface area contributed by atoms with Gasteiger partial charge in [0, 0.05) is 18.0 Å². The number of benzene rings is 1. The summed E-state index contributed by atoms with van der Waals surface area (Å²) in [6, 6.07) is 8.07. The second-order valence-corrected chi connectivity index (χ2v) is 4.95. The molecular weight excluding hydrogens is 304 g/mol. The molecule has 1 aromatic carbocycles. The molecule has 1 amide bonds. The molecule has 1 heterocycles. The van der Waals surface area contributed by atoms with Crippen molar-refractivity contribution in [1.82, 2.24) is 15.4 Å². The maximum absolute atomic E-state index is 11.6. The fraction of sp³-hybridized carbons (Fsp3) is 0.0714. The highest BCUT2D eigenvalue weighted by Crippen LogP contribution is 2.10. The van der Waals surface area contributed by atoms with Crippen molar-refractivity contribution in [3.05, 3.63) is 53.9 Å². The Kier molecular flexibility index (Phi) is 5.61. The number of amides is 1. The minimum absolute atomic E-state index is 0.113. The number of carboxylic acids is 1. The average Bonchev–Trinajstić information content (AvgIpc) is 2.54. The van der Waals surface area contributed by atoms with Gasteiger partial charge in [-0.2, -0.15) is 5.10 Å². The van der Waals surface area contributed by atoms with E-state index in [1.165, 1.54) is 24.0 Å². The van der Waals surface area contributed by atoms with Gasteiger partial charge in [-0.1, -0.05) is 30.0 Å². The Morgan fingerprint density at radius 3 is 2.68 bits per heavy atom. The van der Waals surface area contributed by atoms with Gasteiger partial charge in [-0.05, 0) is 12.1 Å². The van der Waals surface area contributed by atoms with Crippen LogP contribution in [0.4, 0.5) is 0 Å². The lowest BCUT2D eigenvalue weighted by Gasteiger charge is -2.01. The molecule has 0 fully saturated rings. The van der Waals surface area contributed by atoms with Crippen LogP contribution < -0.4 is 5.43 Å². The molecule has 2 N–H and O–H groups in total. The van der Waals surface area contributed by atoms with Crippen LogP contribution in [0.3, 0.4) is 0 Å². The Morgan fingerprint density at radius 1 is 1.23 bits per heavy atom. The standard InChI is InChI=1S/C14H12N4O3S/c19-12(9-22-14-15-6-3-7-16-14)18-17-8-10-4-1-2-5-11(10)13(20)21/h1-8H,9H2,(H,18,19)(H,20,21). The summed E-state index contributed by atoms with van der Waals surface area (Å²) in [6.07, 6.45) is 4.48. The molecule has 0 bridgehead atoms. The van der Waals surface area contributed by atoms with Crippen LogP contribution in [0.25, 0.3) is 0 Å². The van der Waals surface area contributed by atoms with Gasteiger partial charge in [0.2, 0.25) is 0 Å². The van der Waals surface area contributed by atoms with Crippen molar-refractivity contribution in [2.45, 2.75) is 5.16 Å². The van der Waals surface area contributed by atoms with Gasteiger partial charge < -0.3 is 5.11 Å². The highest BCUT2D eigenvalue weighted by Gasteiger charge is 2.07. The summed E-state index contributed by atoms with van der Waals surface area (Å²) in [5.41, 5.74) is 2.86. The normalized spacial score (nSPS) is 10.5. The number of nitrogens with zero attached hydrogens (tertiary/aromatic N) is 3. The molecule has 8 heteroatoms. The molecule has 0 unspecified atom stereocenters. The third-order valence-electron chi connectivity index (χ3n) is 2.46. The van der Waals surface area contributed by atoms with E-state index >= 15 is 0 Å². The molecular formula is C14H12N4O3S. The topological polar surface area (TPSA) is 105 Å². The van der Waals surface area contributed by atoms with Crippen LogP contribution in [0, 0.1) is 0 Å². The molecule has 0 aliphatic heterocycles. The first kappa shape index (κ1) is 15.6. The van der Waals surface area contributed by atoms with Gasteiger partial charge in [-0.3, -0.25) is 4.79 Å². The smallest absolute Gasteiger partial charge is 0.336 e. The van der Waals surface area contributed by atoms with E-state index in [0.717, 1.165) is 0 Å². The summed E-state index contributed by atoms with van der Waals surface area (Å²) in [5.74, 6) is -1.27. The molecule has 22 heavy (non-hydrogen) atoms. The quantitative estimate of drug-likeness (QED) is 0.361. The van der Waals surface area contributed by atoms with Gasteiger partial charge in [0.15, 0.2) is 5.16 Å². The highest BCUT2D eigenvalue weighted by molar-refractivity contribution is 7.99. The zero-order valence-electron chi connectivity index (χ0n) is 11.3. The molecule has 0 saturated heterocycles. The summed E-state index contributed by atoms with van der Waals surface area (Å²) in [4.78, 5) is 30.6. The van der Waals surface area contributed by atoms with Gasteiger partial charge in [0.05, 0.1) is 17.5 Å². The number of carbonyl (C=O) groups is 2. The molecule has 0 radical (unpaired) electrons. The lowest BCUT2D eigenvalue weighted by molar-refractivity contribution is -0.118. The van der Waals surface area contributed by atoms with Crippen LogP contribution in [-0.4, -0.2) is 38.9 Å². The Bertz CT molecular complexity index is 691. The van der Waals surface area contributed by atoms with E-state index in [9.17, 15) is 9.59 Å². The van der Waals surface area contributed by atoms with Crippen molar-refractivity contribution >= 4 is 29.9 Å². The van der Waals surface area contributed by atoms with Crippen molar-refractivity contribution < 1.29 is 14.7 Å². The molecule has 112 valence electrons. The van der Waals surface area contributed by atoms with Crippen molar-refractivity contribution in [2.24, 2.45) is 5.10 Å². The van der Waals surface area contributed by atoms with Crippen LogP contribution in [0.2, 0.25) is 0 Å². The number of hydrogen-bond acceptors (Lipinski definition) is 6. The summed E-state index contributed by atoms with van der Waals surface area (Å²) < 4.78 is 0. The summed E-state index contributed by atoms with van der Waals surface area (Å²) >= 11 is 1.18. The van der Waals surface area contributed by atoms with Gasteiger partial charge in [-0.25, -0.2) is 20.2 Å². The van der Waals surface area contributed by atoms with Gasteiger partial charge in [0.1, 0.15) is 0 Å². The third-order valence-corrected chi connectivity index (χ3v) is 3.33. The lowest BCUT2D eigenvalue weighted by Crippen LogP contribution is -2.20. The molecule has 7 nitrogen and oxygen atoms in total. The van der Waals surface area contributed by atoms with Crippen molar-refractivity contribution in [1.29, 1.82) is 0 Å². The largest absolute Gasteiger partial charge is 0.478 e. The molecule has 0 aliphatic rings. The van der Waals surface area contributed by atoms with E-state index in [-0.39, 0.29) is 17.2 Å². The van der Waals surface area contributed by atoms with Crippen LogP contribution in [0.5, 0.6) is 0 Å². The van der Waals surface area contributed by atoms with Crippen LogP contribution >= 0.6 is 11.8 Å². The van der Waals surface area contributed by atoms with Crippen molar-refractivity contribution in [3.63, 3.8) is 0 Å². The summed E-state index contributed by atoms with van der Waals surface area (Å²) in [6.45, 7) is 0. The molecule has 0 atom stereocenters. The predicted molar refractivity (Wildman–Crippen MR) is 81.9 cm³/mol. The first-order valence-corrected chi connectivity index (χ1v) is 7.19. The average molecular weight is 316 g/mol. The number of thioether (sulfide) groups is 1. The second-order valence-electron chi connectivity index (χ2n) is 4.01. The minimum atomic E-state index is -1.05. The van der Waals surface area contributed by atoms with Crippen molar-refractivity contribution in [2.75, 3.05) is 5.75 Å². The van der Waals surface area contributed by atoms with E-state index in [0.29, 0.717) is 10.7 Å². The van der Waals surface area contributed by atoms with Crippen LogP contribution in [0.15, 0.2) is 53.0 Å². The highest BCUT2D eigenvalue weighted by atomic mass is 32.2. The van der Waals surface area contributed by atoms with Gasteiger partial charge >= 0.3 is 5.97 Å². The maximum atomic E-state index is 11.6. The number of aromatic nitrogens is 2. The number of aromatic carboxylic acids is 1. The minimum Gasteiger partial charge on any atom is -0.478 e. The van der Waals surface area contributed by atoms with E-state index < -0.39 is 5.97 Å². The van der Waals surface area contributed by atoms with Crippen molar-refractivity contribution in [3.8, 4) is 0 Å². The second kappa shape index (κ2) is 7.89. The fourth-order valence-electron chi connectivity index (χ4n) is 1.50. The number of rotatable bonds is 6. The van der Waals surface area contributed by atoms with Crippen LogP contribution in [0.1, 0.15) is 15.9 Å². The molecule has 0 saturated carbocycles. The van der Waals surface area contributed by atoms with E-state index in [1.807, 2.05) is 0 Å². The van der Waals surface area contributed by atoms with Crippen LogP contribution in [-0.2, 0) is 4.79 Å². The van der Waals surface area contributed by atoms with Gasteiger partial charge in [-0.15, -0.1) is 0 Å². The maximum Gasteiger partial charge on any atom is 0.336 e. The Morgan fingerprint density at radius 2 is 1.95 bits per heavy atom. The van der Waals surface area contributed by atoms with Gasteiger partial charge in [0.25, 0.3) is 5.91 Å². The van der Waals surface area contributed by atoms with E-state index in [4.69, 9.17) is 5.11 Å². The molecule has 0 spiro atoms. The van der Waals surface area contributed by atoms with E-state index in [2.05, 4.69) is 20.5 Å². The third kappa shape index (κ3) is 4.67. The first-order valence-electron chi connectivity index (χ1n) is 6.21. The SMILES string of the molecule is O=C(CSc1ncccn1)NN=Cc1ccccc1C(=O)O. The molecule has 2 rings (SSSR count). The Balaban J connectivity index is 1.87. The lowest BCUT2D eigenvalue weighted by atomic mass is 10.1. The zero-order chi connectivity index (χ0) is 15.8. The van der Waals surface area contributed by atoms with E-state index in [1.54, 1.807) is 36.7 Å². The number of hydrogen-bond donors (Lipinski definition) is 2. The summed E-state index contributed by atoms with van der Waals surface area (Å²) in [7, 11) is 0. The monoisotopic (exact) mass is 316 g/mol. The molecule has 0 aliphatic carbocycles. The predicted octanol–water partition coefficient (Wildman–Crippen LogP) is 1.42. The Hall–Kier alpha value is -2.74. The zero-order valence-corrected chi connectivity index (χ0v) is 12.2. The fourth-order valence-corrected chi connectivity index (χ4v) is 2.10. The number of hydrazone groups is 1. The molecule has 1 aromatic heterocycles. The Labute approximate surface area is 130 Å². The molecule has 2 aromatic rings. The number of nitrogens with one attached hydrogen (secondary N) is 1.